The van der Waals surface area contributed by atoms with Gasteiger partial charge in [-0.25, -0.2) is 4.39 Å². The van der Waals surface area contributed by atoms with Gasteiger partial charge in [0.2, 0.25) is 0 Å². The summed E-state index contributed by atoms with van der Waals surface area (Å²) in [6.45, 7) is 6.10. The summed E-state index contributed by atoms with van der Waals surface area (Å²) in [4.78, 5) is 2.39. The van der Waals surface area contributed by atoms with Crippen LogP contribution in [0.5, 0.6) is 0 Å². The Bertz CT molecular complexity index is 419. The van der Waals surface area contributed by atoms with Crippen LogP contribution >= 0.6 is 0 Å². The molecule has 98 valence electrons. The smallest absolute Gasteiger partial charge is 0.127 e. The molecular formula is C15H21FN2. The van der Waals surface area contributed by atoms with Gasteiger partial charge in [0.1, 0.15) is 5.82 Å². The second kappa shape index (κ2) is 4.98. The molecule has 2 aliphatic heterocycles. The highest BCUT2D eigenvalue weighted by Crippen LogP contribution is 2.26. The van der Waals surface area contributed by atoms with Crippen molar-refractivity contribution in [2.24, 2.45) is 5.92 Å². The van der Waals surface area contributed by atoms with Crippen molar-refractivity contribution >= 4 is 0 Å². The van der Waals surface area contributed by atoms with E-state index in [4.69, 9.17) is 0 Å². The molecule has 0 bridgehead atoms. The highest BCUT2D eigenvalue weighted by atomic mass is 19.1. The summed E-state index contributed by atoms with van der Waals surface area (Å²) in [7, 11) is 0. The Morgan fingerprint density at radius 1 is 1.39 bits per heavy atom. The zero-order chi connectivity index (χ0) is 12.5. The average Bonchev–Trinajstić information content (AvgIpc) is 2.76. The van der Waals surface area contributed by atoms with Crippen molar-refractivity contribution in [1.29, 1.82) is 0 Å². The first-order chi connectivity index (χ1) is 8.72. The van der Waals surface area contributed by atoms with Crippen LogP contribution in [-0.4, -0.2) is 30.6 Å². The molecule has 1 aromatic carbocycles. The molecule has 0 radical (unpaired) electrons. The van der Waals surface area contributed by atoms with E-state index in [0.717, 1.165) is 43.2 Å². The molecule has 0 aliphatic carbocycles. The summed E-state index contributed by atoms with van der Waals surface area (Å²) in [6.07, 6.45) is 2.61. The van der Waals surface area contributed by atoms with Crippen LogP contribution in [0.3, 0.4) is 0 Å². The van der Waals surface area contributed by atoms with Crippen molar-refractivity contribution < 1.29 is 4.39 Å². The van der Waals surface area contributed by atoms with Crippen molar-refractivity contribution in [2.75, 3.05) is 19.6 Å². The number of nitrogens with one attached hydrogen (secondary N) is 1. The van der Waals surface area contributed by atoms with Crippen molar-refractivity contribution in [3.05, 3.63) is 35.1 Å². The number of nitrogens with zero attached hydrogens (tertiary/aromatic N) is 1. The Morgan fingerprint density at radius 3 is 3.11 bits per heavy atom. The summed E-state index contributed by atoms with van der Waals surface area (Å²) in [5.41, 5.74) is 1.98. The van der Waals surface area contributed by atoms with Gasteiger partial charge in [-0.1, -0.05) is 17.7 Å². The van der Waals surface area contributed by atoms with Gasteiger partial charge in [-0.15, -0.1) is 0 Å². The molecule has 2 fully saturated rings. The topological polar surface area (TPSA) is 15.3 Å². The van der Waals surface area contributed by atoms with Crippen LogP contribution in [0.4, 0.5) is 4.39 Å². The molecule has 1 aromatic rings. The average molecular weight is 248 g/mol. The summed E-state index contributed by atoms with van der Waals surface area (Å²) in [5.74, 6) is 0.704. The van der Waals surface area contributed by atoms with Gasteiger partial charge in [0.15, 0.2) is 0 Å². The maximum absolute atomic E-state index is 13.8. The fourth-order valence-electron chi connectivity index (χ4n) is 3.33. The number of hydrogen-bond donors (Lipinski definition) is 1. The molecule has 0 spiro atoms. The van der Waals surface area contributed by atoms with Crippen molar-refractivity contribution in [3.63, 3.8) is 0 Å². The Morgan fingerprint density at radius 2 is 2.28 bits per heavy atom. The lowest BCUT2D eigenvalue weighted by atomic mass is 9.94. The van der Waals surface area contributed by atoms with Gasteiger partial charge in [0.05, 0.1) is 0 Å². The van der Waals surface area contributed by atoms with Gasteiger partial charge in [-0.2, -0.15) is 0 Å². The number of halogens is 1. The SMILES string of the molecule is Cc1ccc(F)c(CN2CC3CCCNC3C2)c1. The largest absolute Gasteiger partial charge is 0.312 e. The van der Waals surface area contributed by atoms with Gasteiger partial charge in [0, 0.05) is 31.2 Å². The molecule has 18 heavy (non-hydrogen) atoms. The zero-order valence-electron chi connectivity index (χ0n) is 11.0. The van der Waals surface area contributed by atoms with Crippen LogP contribution < -0.4 is 5.32 Å². The Hall–Kier alpha value is -0.930. The van der Waals surface area contributed by atoms with E-state index in [1.165, 1.54) is 12.8 Å². The minimum Gasteiger partial charge on any atom is -0.312 e. The molecule has 2 atom stereocenters. The maximum Gasteiger partial charge on any atom is 0.127 e. The van der Waals surface area contributed by atoms with Crippen LogP contribution in [0.15, 0.2) is 18.2 Å². The van der Waals surface area contributed by atoms with Gasteiger partial charge >= 0.3 is 0 Å². The lowest BCUT2D eigenvalue weighted by Crippen LogP contribution is -2.40. The standard InChI is InChI=1S/C15H21FN2/c1-11-4-5-14(16)13(7-11)9-18-8-12-3-2-6-17-15(12)10-18/h4-5,7,12,15,17H,2-3,6,8-10H2,1H3. The quantitative estimate of drug-likeness (QED) is 0.864. The summed E-state index contributed by atoms with van der Waals surface area (Å²) >= 11 is 0. The first kappa shape index (κ1) is 12.1. The zero-order valence-corrected chi connectivity index (χ0v) is 11.0. The molecule has 2 aliphatic rings. The molecule has 3 rings (SSSR count). The lowest BCUT2D eigenvalue weighted by molar-refractivity contribution is 0.308. The van der Waals surface area contributed by atoms with Crippen LogP contribution in [0, 0.1) is 18.7 Å². The van der Waals surface area contributed by atoms with E-state index in [0.29, 0.717) is 6.04 Å². The van der Waals surface area contributed by atoms with Gasteiger partial charge in [-0.05, 0) is 38.3 Å². The summed E-state index contributed by atoms with van der Waals surface area (Å²) in [6, 6.07) is 6.03. The van der Waals surface area contributed by atoms with E-state index in [1.54, 1.807) is 6.07 Å². The molecule has 0 aromatic heterocycles. The van der Waals surface area contributed by atoms with Crippen molar-refractivity contribution in [3.8, 4) is 0 Å². The molecule has 2 saturated heterocycles. The first-order valence-electron chi connectivity index (χ1n) is 6.93. The molecule has 1 N–H and O–H groups in total. The van der Waals surface area contributed by atoms with Crippen molar-refractivity contribution in [1.82, 2.24) is 10.2 Å². The van der Waals surface area contributed by atoms with E-state index in [9.17, 15) is 4.39 Å². The fraction of sp³-hybridized carbons (Fsp3) is 0.600. The van der Waals surface area contributed by atoms with Crippen LogP contribution in [0.25, 0.3) is 0 Å². The minimum atomic E-state index is -0.0663. The second-order valence-corrected chi connectivity index (χ2v) is 5.75. The Kier molecular flexibility index (Phi) is 3.35. The van der Waals surface area contributed by atoms with Gasteiger partial charge in [0.25, 0.3) is 0 Å². The molecular weight excluding hydrogens is 227 g/mol. The van der Waals surface area contributed by atoms with Crippen LogP contribution in [0.2, 0.25) is 0 Å². The van der Waals surface area contributed by atoms with Gasteiger partial charge in [-0.3, -0.25) is 4.90 Å². The van der Waals surface area contributed by atoms with Crippen molar-refractivity contribution in [2.45, 2.75) is 32.4 Å². The van der Waals surface area contributed by atoms with Crippen LogP contribution in [0.1, 0.15) is 24.0 Å². The summed E-state index contributed by atoms with van der Waals surface area (Å²) < 4.78 is 13.8. The lowest BCUT2D eigenvalue weighted by Gasteiger charge is -2.24. The first-order valence-corrected chi connectivity index (χ1v) is 6.93. The molecule has 2 heterocycles. The summed E-state index contributed by atoms with van der Waals surface area (Å²) in [5, 5.41) is 3.59. The third kappa shape index (κ3) is 2.43. The third-order valence-corrected chi connectivity index (χ3v) is 4.27. The van der Waals surface area contributed by atoms with E-state index >= 15 is 0 Å². The third-order valence-electron chi connectivity index (χ3n) is 4.27. The van der Waals surface area contributed by atoms with E-state index in [-0.39, 0.29) is 5.82 Å². The number of rotatable bonds is 2. The molecule has 0 amide bonds. The fourth-order valence-corrected chi connectivity index (χ4v) is 3.33. The molecule has 3 heteroatoms. The monoisotopic (exact) mass is 248 g/mol. The maximum atomic E-state index is 13.8. The number of hydrogen-bond acceptors (Lipinski definition) is 2. The Labute approximate surface area is 108 Å². The van der Waals surface area contributed by atoms with Crippen LogP contribution in [-0.2, 0) is 6.54 Å². The minimum absolute atomic E-state index is 0.0663. The Balaban J connectivity index is 1.68. The number of fused-ring (bicyclic) bond motifs is 1. The molecule has 2 nitrogen and oxygen atoms in total. The van der Waals surface area contributed by atoms with Gasteiger partial charge < -0.3 is 5.32 Å². The molecule has 0 saturated carbocycles. The van der Waals surface area contributed by atoms with E-state index < -0.39 is 0 Å². The predicted octanol–water partition coefficient (Wildman–Crippen LogP) is 2.32. The number of likely N-dealkylation sites (tertiary alicyclic amines) is 1. The molecule has 2 unspecified atom stereocenters. The predicted molar refractivity (Wildman–Crippen MR) is 70.9 cm³/mol. The number of piperidine rings is 1. The van der Waals surface area contributed by atoms with E-state index in [1.807, 2.05) is 19.1 Å². The normalized spacial score (nSPS) is 28.3. The second-order valence-electron chi connectivity index (χ2n) is 5.75. The highest BCUT2D eigenvalue weighted by Gasteiger charge is 2.34. The number of aryl methyl sites for hydroxylation is 1. The highest BCUT2D eigenvalue weighted by molar-refractivity contribution is 5.24. The number of benzene rings is 1. The van der Waals surface area contributed by atoms with E-state index in [2.05, 4.69) is 10.2 Å².